The van der Waals surface area contributed by atoms with Gasteiger partial charge < -0.3 is 10.2 Å². The molecule has 0 aliphatic carbocycles. The maximum Gasteiger partial charge on any atom is 0.261 e. The van der Waals surface area contributed by atoms with Crippen LogP contribution < -0.4 is 5.32 Å². The summed E-state index contributed by atoms with van der Waals surface area (Å²) in [6, 6.07) is 9.50. The standard InChI is InChI=1S/C17H19FN2O2S/c1-11(21)15-7-8-16(23-15)17(22)19-10-14(20(2)3)12-5-4-6-13(18)9-12/h4-9,14H,10H2,1-3H3,(H,19,22)/t14-/m0/s1. The van der Waals surface area contributed by atoms with Crippen molar-refractivity contribution < 1.29 is 14.0 Å². The highest BCUT2D eigenvalue weighted by Crippen LogP contribution is 2.20. The Kier molecular flexibility index (Phi) is 5.63. The van der Waals surface area contributed by atoms with Crippen LogP contribution in [0, 0.1) is 5.82 Å². The van der Waals surface area contributed by atoms with Gasteiger partial charge in [-0.05, 0) is 50.8 Å². The van der Waals surface area contributed by atoms with Crippen LogP contribution in [0.25, 0.3) is 0 Å². The third-order valence-electron chi connectivity index (χ3n) is 3.49. The van der Waals surface area contributed by atoms with E-state index in [0.717, 1.165) is 5.56 Å². The number of amides is 1. The zero-order chi connectivity index (χ0) is 17.0. The Morgan fingerprint density at radius 3 is 2.48 bits per heavy atom. The molecule has 1 amide bonds. The Hall–Kier alpha value is -2.05. The summed E-state index contributed by atoms with van der Waals surface area (Å²) in [4.78, 5) is 26.5. The largest absolute Gasteiger partial charge is 0.349 e. The fraction of sp³-hybridized carbons (Fsp3) is 0.294. The first kappa shape index (κ1) is 17.3. The first-order valence-corrected chi connectivity index (χ1v) is 8.01. The minimum absolute atomic E-state index is 0.0556. The number of hydrogen-bond donors (Lipinski definition) is 1. The van der Waals surface area contributed by atoms with Gasteiger partial charge in [0.25, 0.3) is 5.91 Å². The SMILES string of the molecule is CC(=O)c1ccc(C(=O)NC[C@@H](c2cccc(F)c2)N(C)C)s1. The van der Waals surface area contributed by atoms with E-state index in [4.69, 9.17) is 0 Å². The molecule has 23 heavy (non-hydrogen) atoms. The fourth-order valence-corrected chi connectivity index (χ4v) is 3.06. The second-order valence-electron chi connectivity index (χ2n) is 5.46. The van der Waals surface area contributed by atoms with Crippen LogP contribution in [0.3, 0.4) is 0 Å². The van der Waals surface area contributed by atoms with Crippen molar-refractivity contribution in [2.75, 3.05) is 20.6 Å². The second-order valence-corrected chi connectivity index (χ2v) is 6.55. The Bertz CT molecular complexity index is 712. The highest BCUT2D eigenvalue weighted by atomic mass is 32.1. The van der Waals surface area contributed by atoms with E-state index in [9.17, 15) is 14.0 Å². The summed E-state index contributed by atoms with van der Waals surface area (Å²) in [7, 11) is 3.75. The van der Waals surface area contributed by atoms with Crippen molar-refractivity contribution in [1.29, 1.82) is 0 Å². The predicted octanol–water partition coefficient (Wildman–Crippen LogP) is 3.12. The summed E-state index contributed by atoms with van der Waals surface area (Å²) in [5, 5.41) is 2.85. The predicted molar refractivity (Wildman–Crippen MR) is 89.5 cm³/mol. The van der Waals surface area contributed by atoms with Crippen molar-refractivity contribution in [3.05, 3.63) is 57.5 Å². The quantitative estimate of drug-likeness (QED) is 0.826. The fourth-order valence-electron chi connectivity index (χ4n) is 2.24. The summed E-state index contributed by atoms with van der Waals surface area (Å²) in [5.74, 6) is -0.587. The van der Waals surface area contributed by atoms with Crippen LogP contribution in [0.2, 0.25) is 0 Å². The number of benzene rings is 1. The zero-order valence-corrected chi connectivity index (χ0v) is 14.1. The molecule has 1 atom stereocenters. The number of carbonyl (C=O) groups excluding carboxylic acids is 2. The molecule has 0 bridgehead atoms. The first-order chi connectivity index (χ1) is 10.9. The molecular formula is C17H19FN2O2S. The number of likely N-dealkylation sites (N-methyl/N-ethyl adjacent to an activating group) is 1. The molecule has 4 nitrogen and oxygen atoms in total. The number of ketones is 1. The van der Waals surface area contributed by atoms with Gasteiger partial charge >= 0.3 is 0 Å². The van der Waals surface area contributed by atoms with Gasteiger partial charge in [-0.3, -0.25) is 9.59 Å². The van der Waals surface area contributed by atoms with Gasteiger partial charge in [0.1, 0.15) is 5.82 Å². The van der Waals surface area contributed by atoms with Crippen LogP contribution >= 0.6 is 11.3 Å². The molecule has 2 rings (SSSR count). The number of carbonyl (C=O) groups is 2. The molecule has 1 aromatic carbocycles. The molecule has 0 saturated carbocycles. The van der Waals surface area contributed by atoms with E-state index >= 15 is 0 Å². The number of nitrogens with one attached hydrogen (secondary N) is 1. The van der Waals surface area contributed by atoms with Crippen molar-refractivity contribution >= 4 is 23.0 Å². The van der Waals surface area contributed by atoms with Crippen LogP contribution in [-0.2, 0) is 0 Å². The van der Waals surface area contributed by atoms with Crippen molar-refractivity contribution in [1.82, 2.24) is 10.2 Å². The van der Waals surface area contributed by atoms with Gasteiger partial charge in [-0.15, -0.1) is 11.3 Å². The molecule has 0 spiro atoms. The van der Waals surface area contributed by atoms with Gasteiger partial charge in [0.2, 0.25) is 0 Å². The Morgan fingerprint density at radius 1 is 1.22 bits per heavy atom. The summed E-state index contributed by atoms with van der Waals surface area (Å²) in [6.45, 7) is 1.82. The molecule has 2 aromatic rings. The minimum atomic E-state index is -0.301. The van der Waals surface area contributed by atoms with Gasteiger partial charge in [-0.1, -0.05) is 12.1 Å². The lowest BCUT2D eigenvalue weighted by molar-refractivity contribution is 0.0945. The topological polar surface area (TPSA) is 49.4 Å². The molecule has 1 N–H and O–H groups in total. The van der Waals surface area contributed by atoms with Crippen LogP contribution in [0.5, 0.6) is 0 Å². The van der Waals surface area contributed by atoms with Crippen LogP contribution in [0.1, 0.15) is 37.9 Å². The van der Waals surface area contributed by atoms with Crippen molar-refractivity contribution in [2.24, 2.45) is 0 Å². The summed E-state index contributed by atoms with van der Waals surface area (Å²) >= 11 is 1.17. The molecular weight excluding hydrogens is 315 g/mol. The highest BCUT2D eigenvalue weighted by molar-refractivity contribution is 7.15. The van der Waals surface area contributed by atoms with E-state index in [1.807, 2.05) is 25.1 Å². The number of thiophene rings is 1. The van der Waals surface area contributed by atoms with Gasteiger partial charge in [-0.25, -0.2) is 4.39 Å². The minimum Gasteiger partial charge on any atom is -0.349 e. The number of nitrogens with zero attached hydrogens (tertiary/aromatic N) is 1. The normalized spacial score (nSPS) is 12.2. The molecule has 1 heterocycles. The van der Waals surface area contributed by atoms with E-state index in [0.29, 0.717) is 16.3 Å². The van der Waals surface area contributed by atoms with Gasteiger partial charge in [0.05, 0.1) is 15.8 Å². The van der Waals surface area contributed by atoms with Crippen LogP contribution in [0.4, 0.5) is 4.39 Å². The van der Waals surface area contributed by atoms with Crippen LogP contribution in [-0.4, -0.2) is 37.2 Å². The first-order valence-electron chi connectivity index (χ1n) is 7.19. The summed E-state index contributed by atoms with van der Waals surface area (Å²) < 4.78 is 13.4. The number of hydrogen-bond acceptors (Lipinski definition) is 4. The molecule has 0 unspecified atom stereocenters. The molecule has 0 aliphatic heterocycles. The maximum atomic E-state index is 13.4. The van der Waals surface area contributed by atoms with E-state index in [1.165, 1.54) is 30.4 Å². The van der Waals surface area contributed by atoms with Crippen molar-refractivity contribution in [2.45, 2.75) is 13.0 Å². The average Bonchev–Trinajstić information content (AvgIpc) is 2.97. The highest BCUT2D eigenvalue weighted by Gasteiger charge is 2.17. The number of rotatable bonds is 6. The maximum absolute atomic E-state index is 13.4. The third kappa shape index (κ3) is 4.46. The zero-order valence-electron chi connectivity index (χ0n) is 13.3. The van der Waals surface area contributed by atoms with Crippen molar-refractivity contribution in [3.8, 4) is 0 Å². The van der Waals surface area contributed by atoms with Gasteiger partial charge in [0, 0.05) is 6.54 Å². The van der Waals surface area contributed by atoms with E-state index in [1.54, 1.807) is 18.2 Å². The van der Waals surface area contributed by atoms with Gasteiger partial charge in [0.15, 0.2) is 5.78 Å². The summed E-state index contributed by atoms with van der Waals surface area (Å²) in [5.41, 5.74) is 0.797. The molecule has 0 saturated heterocycles. The van der Waals surface area contributed by atoms with E-state index in [-0.39, 0.29) is 23.5 Å². The Morgan fingerprint density at radius 2 is 1.91 bits per heavy atom. The monoisotopic (exact) mass is 334 g/mol. The average molecular weight is 334 g/mol. The number of halogens is 1. The van der Waals surface area contributed by atoms with E-state index < -0.39 is 0 Å². The third-order valence-corrected chi connectivity index (χ3v) is 4.67. The van der Waals surface area contributed by atoms with E-state index in [2.05, 4.69) is 5.32 Å². The lowest BCUT2D eigenvalue weighted by Crippen LogP contribution is -2.34. The lowest BCUT2D eigenvalue weighted by atomic mass is 10.1. The molecule has 0 fully saturated rings. The molecule has 0 aliphatic rings. The molecule has 1 aromatic heterocycles. The smallest absolute Gasteiger partial charge is 0.261 e. The lowest BCUT2D eigenvalue weighted by Gasteiger charge is -2.25. The Balaban J connectivity index is 2.06. The molecule has 122 valence electrons. The molecule has 6 heteroatoms. The van der Waals surface area contributed by atoms with Crippen LogP contribution in [0.15, 0.2) is 36.4 Å². The van der Waals surface area contributed by atoms with Crippen molar-refractivity contribution in [3.63, 3.8) is 0 Å². The Labute approximate surface area is 138 Å². The summed E-state index contributed by atoms with van der Waals surface area (Å²) in [6.07, 6.45) is 0. The number of Topliss-reactive ketones (excluding diaryl/α,β-unsaturated/α-hetero) is 1. The van der Waals surface area contributed by atoms with Gasteiger partial charge in [-0.2, -0.15) is 0 Å². The molecule has 0 radical (unpaired) electrons. The second kappa shape index (κ2) is 7.48.